The van der Waals surface area contributed by atoms with Crippen LogP contribution in [0.25, 0.3) is 0 Å². The Hall–Kier alpha value is -1.20. The molecule has 3 nitrogen and oxygen atoms in total. The van der Waals surface area contributed by atoms with Crippen LogP contribution in [0.4, 0.5) is 8.78 Å². The fourth-order valence-corrected chi connectivity index (χ4v) is 2.45. The minimum absolute atomic E-state index is 0. The van der Waals surface area contributed by atoms with Crippen molar-refractivity contribution in [2.75, 3.05) is 13.1 Å². The fourth-order valence-electron chi connectivity index (χ4n) is 2.45. The molecule has 0 aliphatic carbocycles. The predicted molar refractivity (Wildman–Crippen MR) is 80.5 cm³/mol. The van der Waals surface area contributed by atoms with Gasteiger partial charge in [-0.3, -0.25) is 4.79 Å². The second kappa shape index (κ2) is 8.29. The Morgan fingerprint density at radius 2 is 2.19 bits per heavy atom. The van der Waals surface area contributed by atoms with E-state index in [2.05, 4.69) is 17.6 Å². The van der Waals surface area contributed by atoms with Crippen LogP contribution in [0.3, 0.4) is 0 Å². The van der Waals surface area contributed by atoms with Gasteiger partial charge in [0.15, 0.2) is 11.6 Å². The van der Waals surface area contributed by atoms with Gasteiger partial charge in [-0.25, -0.2) is 8.78 Å². The summed E-state index contributed by atoms with van der Waals surface area (Å²) in [5.74, 6) is -1.40. The zero-order valence-corrected chi connectivity index (χ0v) is 12.8. The van der Waals surface area contributed by atoms with Crippen molar-refractivity contribution in [1.29, 1.82) is 0 Å². The monoisotopic (exact) mass is 318 g/mol. The Kier molecular flexibility index (Phi) is 7.05. The molecule has 1 saturated heterocycles. The van der Waals surface area contributed by atoms with Gasteiger partial charge in [-0.1, -0.05) is 19.1 Å². The SMILES string of the molecule is CC1CCNCC1NC(=O)CCc1cccc(F)c1F.Cl. The first-order chi connectivity index (χ1) is 9.58. The van der Waals surface area contributed by atoms with Crippen LogP contribution in [0.5, 0.6) is 0 Å². The zero-order chi connectivity index (χ0) is 14.5. The first kappa shape index (κ1) is 17.9. The van der Waals surface area contributed by atoms with E-state index >= 15 is 0 Å². The summed E-state index contributed by atoms with van der Waals surface area (Å²) in [4.78, 5) is 11.9. The van der Waals surface area contributed by atoms with Crippen LogP contribution in [0.2, 0.25) is 0 Å². The van der Waals surface area contributed by atoms with Crippen LogP contribution >= 0.6 is 12.4 Å². The van der Waals surface area contributed by atoms with E-state index in [9.17, 15) is 13.6 Å². The summed E-state index contributed by atoms with van der Waals surface area (Å²) in [7, 11) is 0. The molecule has 0 spiro atoms. The third-order valence-corrected chi connectivity index (χ3v) is 3.83. The highest BCUT2D eigenvalue weighted by molar-refractivity contribution is 5.85. The third-order valence-electron chi connectivity index (χ3n) is 3.83. The Morgan fingerprint density at radius 3 is 2.90 bits per heavy atom. The molecule has 0 bridgehead atoms. The molecule has 118 valence electrons. The standard InChI is InChI=1S/C15H20F2N2O.ClH/c1-10-7-8-18-9-13(10)19-14(20)6-5-11-3-2-4-12(16)15(11)17;/h2-4,10,13,18H,5-9H2,1H3,(H,19,20);1H. The molecule has 1 aliphatic heterocycles. The zero-order valence-electron chi connectivity index (χ0n) is 12.0. The number of hydrogen-bond donors (Lipinski definition) is 2. The number of nitrogens with one attached hydrogen (secondary N) is 2. The van der Waals surface area contributed by atoms with Gasteiger partial charge in [-0.2, -0.15) is 0 Å². The van der Waals surface area contributed by atoms with Gasteiger partial charge in [0.2, 0.25) is 5.91 Å². The summed E-state index contributed by atoms with van der Waals surface area (Å²) in [6.45, 7) is 3.85. The molecule has 0 radical (unpaired) electrons. The van der Waals surface area contributed by atoms with Crippen molar-refractivity contribution in [2.45, 2.75) is 32.2 Å². The first-order valence-corrected chi connectivity index (χ1v) is 7.01. The predicted octanol–water partition coefficient (Wildman–Crippen LogP) is 2.43. The molecule has 1 aromatic rings. The summed E-state index contributed by atoms with van der Waals surface area (Å²) in [6, 6.07) is 4.16. The molecule has 21 heavy (non-hydrogen) atoms. The van der Waals surface area contributed by atoms with E-state index in [1.165, 1.54) is 12.1 Å². The highest BCUT2D eigenvalue weighted by Gasteiger charge is 2.22. The van der Waals surface area contributed by atoms with Crippen LogP contribution in [-0.2, 0) is 11.2 Å². The molecule has 1 aromatic carbocycles. The molecule has 6 heteroatoms. The van der Waals surface area contributed by atoms with Crippen LogP contribution in [-0.4, -0.2) is 25.0 Å². The quantitative estimate of drug-likeness (QED) is 0.895. The van der Waals surface area contributed by atoms with Crippen LogP contribution in [0, 0.1) is 17.6 Å². The van der Waals surface area contributed by atoms with Crippen molar-refractivity contribution in [3.8, 4) is 0 Å². The number of rotatable bonds is 4. The lowest BCUT2D eigenvalue weighted by atomic mass is 9.94. The van der Waals surface area contributed by atoms with Gasteiger partial charge in [0.25, 0.3) is 0 Å². The lowest BCUT2D eigenvalue weighted by Crippen LogP contribution is -2.50. The Morgan fingerprint density at radius 1 is 1.43 bits per heavy atom. The van der Waals surface area contributed by atoms with Crippen molar-refractivity contribution in [1.82, 2.24) is 10.6 Å². The van der Waals surface area contributed by atoms with Gasteiger partial charge >= 0.3 is 0 Å². The van der Waals surface area contributed by atoms with Crippen molar-refractivity contribution >= 4 is 18.3 Å². The van der Waals surface area contributed by atoms with E-state index in [0.717, 1.165) is 25.6 Å². The van der Waals surface area contributed by atoms with Gasteiger partial charge in [0.05, 0.1) is 0 Å². The average molecular weight is 319 g/mol. The molecule has 2 N–H and O–H groups in total. The van der Waals surface area contributed by atoms with E-state index in [1.54, 1.807) is 0 Å². The topological polar surface area (TPSA) is 41.1 Å². The smallest absolute Gasteiger partial charge is 0.220 e. The fraction of sp³-hybridized carbons (Fsp3) is 0.533. The van der Waals surface area contributed by atoms with Gasteiger partial charge in [0.1, 0.15) is 0 Å². The summed E-state index contributed by atoms with van der Waals surface area (Å²) in [6.07, 6.45) is 1.41. The second-order valence-corrected chi connectivity index (χ2v) is 5.36. The Bertz CT molecular complexity index is 485. The minimum atomic E-state index is -0.868. The van der Waals surface area contributed by atoms with Gasteiger partial charge < -0.3 is 10.6 Å². The van der Waals surface area contributed by atoms with E-state index in [1.807, 2.05) is 0 Å². The van der Waals surface area contributed by atoms with Crippen LogP contribution < -0.4 is 10.6 Å². The molecule has 2 rings (SSSR count). The lowest BCUT2D eigenvalue weighted by molar-refractivity contribution is -0.122. The Balaban J connectivity index is 0.00000220. The molecule has 0 saturated carbocycles. The van der Waals surface area contributed by atoms with Gasteiger partial charge in [0, 0.05) is 19.0 Å². The maximum absolute atomic E-state index is 13.5. The van der Waals surface area contributed by atoms with E-state index < -0.39 is 11.6 Å². The van der Waals surface area contributed by atoms with Gasteiger partial charge in [-0.15, -0.1) is 12.4 Å². The number of benzene rings is 1. The average Bonchev–Trinajstić information content (AvgIpc) is 2.43. The maximum atomic E-state index is 13.5. The number of hydrogen-bond acceptors (Lipinski definition) is 2. The van der Waals surface area contributed by atoms with Crippen molar-refractivity contribution in [3.63, 3.8) is 0 Å². The first-order valence-electron chi connectivity index (χ1n) is 7.01. The second-order valence-electron chi connectivity index (χ2n) is 5.36. The van der Waals surface area contributed by atoms with E-state index in [0.29, 0.717) is 5.92 Å². The van der Waals surface area contributed by atoms with Crippen LogP contribution in [0.15, 0.2) is 18.2 Å². The van der Waals surface area contributed by atoms with E-state index in [-0.39, 0.29) is 42.8 Å². The molecular formula is C15H21ClF2N2O. The van der Waals surface area contributed by atoms with Crippen molar-refractivity contribution < 1.29 is 13.6 Å². The third kappa shape index (κ3) is 4.93. The highest BCUT2D eigenvalue weighted by atomic mass is 35.5. The molecule has 1 fully saturated rings. The molecule has 1 amide bonds. The van der Waals surface area contributed by atoms with Crippen molar-refractivity contribution in [2.24, 2.45) is 5.92 Å². The normalized spacial score (nSPS) is 21.5. The summed E-state index contributed by atoms with van der Waals surface area (Å²) < 4.78 is 26.5. The summed E-state index contributed by atoms with van der Waals surface area (Å²) in [5, 5.41) is 6.19. The minimum Gasteiger partial charge on any atom is -0.352 e. The number of amides is 1. The Labute approximate surface area is 129 Å². The number of carbonyl (C=O) groups excluding carboxylic acids is 1. The number of piperidine rings is 1. The molecule has 2 atom stereocenters. The highest BCUT2D eigenvalue weighted by Crippen LogP contribution is 2.14. The molecular weight excluding hydrogens is 298 g/mol. The summed E-state index contributed by atoms with van der Waals surface area (Å²) >= 11 is 0. The van der Waals surface area contributed by atoms with Gasteiger partial charge in [-0.05, 0) is 36.9 Å². The number of carbonyl (C=O) groups is 1. The molecule has 1 aliphatic rings. The lowest BCUT2D eigenvalue weighted by Gasteiger charge is -2.30. The number of aryl methyl sites for hydroxylation is 1. The summed E-state index contributed by atoms with van der Waals surface area (Å²) in [5.41, 5.74) is 0.245. The van der Waals surface area contributed by atoms with E-state index in [4.69, 9.17) is 0 Å². The van der Waals surface area contributed by atoms with Crippen molar-refractivity contribution in [3.05, 3.63) is 35.4 Å². The maximum Gasteiger partial charge on any atom is 0.220 e. The number of halogens is 3. The molecule has 2 unspecified atom stereocenters. The largest absolute Gasteiger partial charge is 0.352 e. The molecule has 1 heterocycles. The van der Waals surface area contributed by atoms with Crippen LogP contribution in [0.1, 0.15) is 25.3 Å². The molecule has 0 aromatic heterocycles.